The van der Waals surface area contributed by atoms with Crippen LogP contribution in [0.1, 0.15) is 38.8 Å². The van der Waals surface area contributed by atoms with Crippen LogP contribution in [0.25, 0.3) is 6.08 Å². The molecule has 1 aromatic rings. The molecule has 1 aliphatic rings. The molecular weight excluding hydrogens is 208 g/mol. The van der Waals surface area contributed by atoms with E-state index in [0.29, 0.717) is 5.92 Å². The van der Waals surface area contributed by atoms with Gasteiger partial charge >= 0.3 is 0 Å². The lowest BCUT2D eigenvalue weighted by molar-refractivity contribution is 0.191. The molecule has 92 valence electrons. The van der Waals surface area contributed by atoms with Crippen LogP contribution in [0.3, 0.4) is 0 Å². The smallest absolute Gasteiger partial charge is 0.0683 e. The van der Waals surface area contributed by atoms with Crippen molar-refractivity contribution >= 4 is 6.08 Å². The SMILES string of the molecule is C[C@@H]1COC/C1=C\c1ccc(C(C)(C)C)cc1. The van der Waals surface area contributed by atoms with Gasteiger partial charge in [-0.1, -0.05) is 58.0 Å². The largest absolute Gasteiger partial charge is 0.376 e. The molecule has 0 radical (unpaired) electrons. The first-order valence-corrected chi connectivity index (χ1v) is 6.35. The maximum Gasteiger partial charge on any atom is 0.0683 e. The van der Waals surface area contributed by atoms with Crippen LogP contribution < -0.4 is 0 Å². The van der Waals surface area contributed by atoms with E-state index in [1.165, 1.54) is 16.7 Å². The molecule has 0 spiro atoms. The van der Waals surface area contributed by atoms with Crippen molar-refractivity contribution in [2.45, 2.75) is 33.1 Å². The highest BCUT2D eigenvalue weighted by Crippen LogP contribution is 2.25. The van der Waals surface area contributed by atoms with Crippen LogP contribution >= 0.6 is 0 Å². The summed E-state index contributed by atoms with van der Waals surface area (Å²) < 4.78 is 5.45. The van der Waals surface area contributed by atoms with Crippen molar-refractivity contribution in [1.82, 2.24) is 0 Å². The van der Waals surface area contributed by atoms with Gasteiger partial charge in [-0.05, 0) is 22.1 Å². The molecule has 1 heteroatoms. The van der Waals surface area contributed by atoms with E-state index in [9.17, 15) is 0 Å². The molecule has 0 amide bonds. The predicted molar refractivity (Wildman–Crippen MR) is 73.1 cm³/mol. The minimum atomic E-state index is 0.232. The van der Waals surface area contributed by atoms with Crippen LogP contribution in [0.5, 0.6) is 0 Å². The van der Waals surface area contributed by atoms with Crippen molar-refractivity contribution in [1.29, 1.82) is 0 Å². The lowest BCUT2D eigenvalue weighted by atomic mass is 9.86. The monoisotopic (exact) mass is 230 g/mol. The predicted octanol–water partition coefficient (Wildman–Crippen LogP) is 4.03. The number of hydrogen-bond acceptors (Lipinski definition) is 1. The van der Waals surface area contributed by atoms with Gasteiger partial charge in [-0.3, -0.25) is 0 Å². The van der Waals surface area contributed by atoms with E-state index in [0.717, 1.165) is 13.2 Å². The molecule has 1 aromatic carbocycles. The third kappa shape index (κ3) is 2.98. The summed E-state index contributed by atoms with van der Waals surface area (Å²) in [5.74, 6) is 0.567. The Kier molecular flexibility index (Phi) is 3.39. The Balaban J connectivity index is 2.19. The minimum Gasteiger partial charge on any atom is -0.376 e. The Morgan fingerprint density at radius 2 is 1.82 bits per heavy atom. The standard InChI is InChI=1S/C16H22O/c1-12-10-17-11-14(12)9-13-5-7-15(8-6-13)16(2,3)4/h5-9,12H,10-11H2,1-4H3/b14-9+/t12-/m1/s1. The second-order valence-corrected chi connectivity index (χ2v) is 6.01. The van der Waals surface area contributed by atoms with Gasteiger partial charge in [-0.2, -0.15) is 0 Å². The van der Waals surface area contributed by atoms with Crippen LogP contribution in [0.4, 0.5) is 0 Å². The molecule has 1 nitrogen and oxygen atoms in total. The number of hydrogen-bond donors (Lipinski definition) is 0. The van der Waals surface area contributed by atoms with Gasteiger partial charge in [0.25, 0.3) is 0 Å². The zero-order chi connectivity index (χ0) is 12.5. The van der Waals surface area contributed by atoms with Crippen molar-refractivity contribution < 1.29 is 4.74 Å². The summed E-state index contributed by atoms with van der Waals surface area (Å²) in [4.78, 5) is 0. The van der Waals surface area contributed by atoms with Crippen LogP contribution in [0.15, 0.2) is 29.8 Å². The van der Waals surface area contributed by atoms with Gasteiger partial charge in [0.2, 0.25) is 0 Å². The van der Waals surface area contributed by atoms with Gasteiger partial charge < -0.3 is 4.74 Å². The molecule has 1 atom stereocenters. The lowest BCUT2D eigenvalue weighted by Gasteiger charge is -2.18. The summed E-state index contributed by atoms with van der Waals surface area (Å²) in [6.45, 7) is 10.6. The summed E-state index contributed by atoms with van der Waals surface area (Å²) in [7, 11) is 0. The van der Waals surface area contributed by atoms with Gasteiger partial charge in [0.15, 0.2) is 0 Å². The maximum atomic E-state index is 5.45. The van der Waals surface area contributed by atoms with Crippen LogP contribution in [0.2, 0.25) is 0 Å². The Labute approximate surface area is 104 Å². The van der Waals surface area contributed by atoms with Crippen molar-refractivity contribution in [3.8, 4) is 0 Å². The van der Waals surface area contributed by atoms with Crippen molar-refractivity contribution in [2.24, 2.45) is 5.92 Å². The summed E-state index contributed by atoms with van der Waals surface area (Å²) in [6, 6.07) is 8.87. The highest BCUT2D eigenvalue weighted by Gasteiger charge is 2.17. The molecule has 0 saturated carbocycles. The molecule has 0 aromatic heterocycles. The highest BCUT2D eigenvalue weighted by atomic mass is 16.5. The van der Waals surface area contributed by atoms with Crippen molar-refractivity contribution in [3.05, 3.63) is 41.0 Å². The lowest BCUT2D eigenvalue weighted by Crippen LogP contribution is -2.10. The van der Waals surface area contributed by atoms with Crippen molar-refractivity contribution in [3.63, 3.8) is 0 Å². The van der Waals surface area contributed by atoms with Gasteiger partial charge in [-0.25, -0.2) is 0 Å². The van der Waals surface area contributed by atoms with E-state index in [2.05, 4.69) is 58.0 Å². The minimum absolute atomic E-state index is 0.232. The normalized spacial score (nSPS) is 23.3. The topological polar surface area (TPSA) is 9.23 Å². The number of benzene rings is 1. The summed E-state index contributed by atoms with van der Waals surface area (Å²) in [6.07, 6.45) is 2.27. The average Bonchev–Trinajstić information content (AvgIpc) is 2.64. The highest BCUT2D eigenvalue weighted by molar-refractivity contribution is 5.54. The van der Waals surface area contributed by atoms with E-state index >= 15 is 0 Å². The van der Waals surface area contributed by atoms with Crippen LogP contribution in [-0.2, 0) is 10.2 Å². The fraction of sp³-hybridized carbons (Fsp3) is 0.500. The molecule has 0 aliphatic carbocycles. The fourth-order valence-electron chi connectivity index (χ4n) is 2.08. The quantitative estimate of drug-likeness (QED) is 0.707. The molecule has 1 fully saturated rings. The molecule has 0 bridgehead atoms. The molecule has 1 aliphatic heterocycles. The van der Waals surface area contributed by atoms with E-state index in [4.69, 9.17) is 4.74 Å². The van der Waals surface area contributed by atoms with E-state index in [-0.39, 0.29) is 5.41 Å². The third-order valence-corrected chi connectivity index (χ3v) is 3.40. The Hall–Kier alpha value is -1.08. The number of rotatable bonds is 1. The van der Waals surface area contributed by atoms with Gasteiger partial charge in [0, 0.05) is 5.92 Å². The summed E-state index contributed by atoms with van der Waals surface area (Å²) >= 11 is 0. The first-order chi connectivity index (χ1) is 7.97. The van der Waals surface area contributed by atoms with Gasteiger partial charge in [0.1, 0.15) is 0 Å². The fourth-order valence-corrected chi connectivity index (χ4v) is 2.08. The summed E-state index contributed by atoms with van der Waals surface area (Å²) in [5.41, 5.74) is 4.31. The van der Waals surface area contributed by atoms with E-state index < -0.39 is 0 Å². The molecule has 1 heterocycles. The zero-order valence-corrected chi connectivity index (χ0v) is 11.3. The maximum absolute atomic E-state index is 5.45. The summed E-state index contributed by atoms with van der Waals surface area (Å²) in [5, 5.41) is 0. The van der Waals surface area contributed by atoms with E-state index in [1.54, 1.807) is 0 Å². The third-order valence-electron chi connectivity index (χ3n) is 3.40. The zero-order valence-electron chi connectivity index (χ0n) is 11.3. The average molecular weight is 230 g/mol. The molecule has 0 unspecified atom stereocenters. The Morgan fingerprint density at radius 3 is 2.29 bits per heavy atom. The molecular formula is C16H22O. The first kappa shape index (κ1) is 12.4. The van der Waals surface area contributed by atoms with E-state index in [1.807, 2.05) is 0 Å². The molecule has 2 rings (SSSR count). The molecule has 1 saturated heterocycles. The number of ether oxygens (including phenoxy) is 1. The Bertz CT molecular complexity index is 406. The molecule has 0 N–H and O–H groups in total. The van der Waals surface area contributed by atoms with Gasteiger partial charge in [0.05, 0.1) is 13.2 Å². The van der Waals surface area contributed by atoms with Gasteiger partial charge in [-0.15, -0.1) is 0 Å². The van der Waals surface area contributed by atoms with Crippen molar-refractivity contribution in [2.75, 3.05) is 13.2 Å². The second kappa shape index (κ2) is 4.66. The van der Waals surface area contributed by atoms with Crippen LogP contribution in [0, 0.1) is 5.92 Å². The van der Waals surface area contributed by atoms with Crippen LogP contribution in [-0.4, -0.2) is 13.2 Å². The Morgan fingerprint density at radius 1 is 1.18 bits per heavy atom. The molecule has 17 heavy (non-hydrogen) atoms. The first-order valence-electron chi connectivity index (χ1n) is 6.35. The second-order valence-electron chi connectivity index (χ2n) is 6.01.